The molecule has 2 aromatic rings. The summed E-state index contributed by atoms with van der Waals surface area (Å²) in [6.45, 7) is 9.06. The number of nitrogens with zero attached hydrogens (tertiary/aromatic N) is 3. The summed E-state index contributed by atoms with van der Waals surface area (Å²) in [5.74, 6) is 0.746. The molecule has 0 fully saturated rings. The third kappa shape index (κ3) is 6.09. The zero-order valence-corrected chi connectivity index (χ0v) is 14.8. The summed E-state index contributed by atoms with van der Waals surface area (Å²) in [6.07, 6.45) is 3.79. The molecule has 0 spiro atoms. The van der Waals surface area contributed by atoms with Gasteiger partial charge in [-0.05, 0) is 39.8 Å². The molecule has 0 N–H and O–H groups in total. The van der Waals surface area contributed by atoms with Crippen molar-refractivity contribution in [3.8, 4) is 5.69 Å². The molecule has 0 saturated heterocycles. The highest BCUT2D eigenvalue weighted by Gasteiger charge is 2.14. The maximum absolute atomic E-state index is 10.8. The highest BCUT2D eigenvalue weighted by atomic mass is 16.7. The number of benzene rings is 1. The van der Waals surface area contributed by atoms with Crippen LogP contribution in [0.4, 0.5) is 5.69 Å². The Hall–Kier alpha value is -2.58. The first-order valence-electron chi connectivity index (χ1n) is 7.91. The molecule has 0 atom stereocenters. The number of carbonyl (C=O) groups excluding carboxylic acids is 1. The van der Waals surface area contributed by atoms with Crippen LogP contribution in [0.2, 0.25) is 0 Å². The molecule has 0 aliphatic heterocycles. The van der Waals surface area contributed by atoms with Gasteiger partial charge in [0.1, 0.15) is 5.82 Å². The topological polar surface area (TPSA) is 96.5 Å². The highest BCUT2D eigenvalue weighted by Crippen LogP contribution is 2.21. The van der Waals surface area contributed by atoms with Crippen molar-refractivity contribution in [2.45, 2.75) is 34.0 Å². The lowest BCUT2D eigenvalue weighted by Crippen LogP contribution is -2.11. The summed E-state index contributed by atoms with van der Waals surface area (Å²) in [4.78, 5) is 25.0. The van der Waals surface area contributed by atoms with E-state index in [0.717, 1.165) is 19.0 Å². The molecule has 1 heterocycles. The quantitative estimate of drug-likeness (QED) is 0.329. The summed E-state index contributed by atoms with van der Waals surface area (Å²) >= 11 is 0. The van der Waals surface area contributed by atoms with E-state index in [-0.39, 0.29) is 17.5 Å². The van der Waals surface area contributed by atoms with E-state index in [1.165, 1.54) is 12.1 Å². The molecule has 0 aliphatic carbocycles. The summed E-state index contributed by atoms with van der Waals surface area (Å²) in [5, 5.41) is 10.7. The molecular formula is C17H23N3O5. The molecule has 0 saturated carbocycles. The first-order valence-corrected chi connectivity index (χ1v) is 7.91. The number of nitro benzene ring substituents is 1. The Morgan fingerprint density at radius 1 is 1.32 bits per heavy atom. The van der Waals surface area contributed by atoms with Crippen LogP contribution in [-0.2, 0) is 9.47 Å². The Bertz CT molecular complexity index is 693. The zero-order valence-electron chi connectivity index (χ0n) is 14.8. The SMILES string of the molecule is CCOC(C)OCC.Cc1nccn1-c1ccc([N+](=O)[O-])c(C=O)c1. The summed E-state index contributed by atoms with van der Waals surface area (Å²) in [6, 6.07) is 4.37. The number of hydrogen-bond acceptors (Lipinski definition) is 6. The Morgan fingerprint density at radius 3 is 2.40 bits per heavy atom. The van der Waals surface area contributed by atoms with Crippen molar-refractivity contribution in [1.29, 1.82) is 0 Å². The normalized spacial score (nSPS) is 10.3. The second-order valence-corrected chi connectivity index (χ2v) is 4.94. The minimum absolute atomic E-state index is 0.0370. The van der Waals surface area contributed by atoms with Crippen LogP contribution in [0.3, 0.4) is 0 Å². The molecular weight excluding hydrogens is 326 g/mol. The van der Waals surface area contributed by atoms with Gasteiger partial charge in [-0.15, -0.1) is 0 Å². The number of ether oxygens (including phenoxy) is 2. The van der Waals surface area contributed by atoms with Gasteiger partial charge in [0.05, 0.1) is 10.5 Å². The van der Waals surface area contributed by atoms with Gasteiger partial charge in [0.15, 0.2) is 12.6 Å². The van der Waals surface area contributed by atoms with Crippen LogP contribution in [0.25, 0.3) is 5.69 Å². The van der Waals surface area contributed by atoms with Gasteiger partial charge >= 0.3 is 0 Å². The smallest absolute Gasteiger partial charge is 0.280 e. The molecule has 0 bridgehead atoms. The maximum atomic E-state index is 10.8. The fourth-order valence-corrected chi connectivity index (χ4v) is 2.12. The van der Waals surface area contributed by atoms with Gasteiger partial charge in [-0.25, -0.2) is 4.98 Å². The van der Waals surface area contributed by atoms with Crippen molar-refractivity contribution in [1.82, 2.24) is 9.55 Å². The van der Waals surface area contributed by atoms with Crippen molar-refractivity contribution in [3.05, 3.63) is 52.1 Å². The van der Waals surface area contributed by atoms with Crippen LogP contribution in [0.15, 0.2) is 30.6 Å². The Morgan fingerprint density at radius 2 is 1.96 bits per heavy atom. The average Bonchev–Trinajstić information content (AvgIpc) is 3.01. The molecule has 0 unspecified atom stereocenters. The third-order valence-corrected chi connectivity index (χ3v) is 3.24. The first kappa shape index (κ1) is 20.5. The first-order chi connectivity index (χ1) is 11.9. The predicted octanol–water partition coefficient (Wildman–Crippen LogP) is 3.31. The van der Waals surface area contributed by atoms with Crippen LogP contribution in [0.5, 0.6) is 0 Å². The molecule has 2 rings (SSSR count). The number of hydrogen-bond donors (Lipinski definition) is 0. The minimum atomic E-state index is -0.575. The molecule has 136 valence electrons. The van der Waals surface area contributed by atoms with E-state index in [2.05, 4.69) is 4.98 Å². The van der Waals surface area contributed by atoms with E-state index in [0.29, 0.717) is 12.0 Å². The van der Waals surface area contributed by atoms with E-state index >= 15 is 0 Å². The van der Waals surface area contributed by atoms with Crippen LogP contribution in [0, 0.1) is 17.0 Å². The largest absolute Gasteiger partial charge is 0.353 e. The summed E-state index contributed by atoms with van der Waals surface area (Å²) in [5.41, 5.74) is 0.537. The molecule has 8 nitrogen and oxygen atoms in total. The van der Waals surface area contributed by atoms with Gasteiger partial charge in [0, 0.05) is 37.4 Å². The highest BCUT2D eigenvalue weighted by molar-refractivity contribution is 5.82. The number of imidazole rings is 1. The van der Waals surface area contributed by atoms with Gasteiger partial charge in [-0.3, -0.25) is 14.9 Å². The predicted molar refractivity (Wildman–Crippen MR) is 93.1 cm³/mol. The van der Waals surface area contributed by atoms with Gasteiger partial charge in [0.2, 0.25) is 0 Å². The molecule has 1 aromatic heterocycles. The lowest BCUT2D eigenvalue weighted by atomic mass is 10.1. The van der Waals surface area contributed by atoms with Crippen molar-refractivity contribution in [2.75, 3.05) is 13.2 Å². The van der Waals surface area contributed by atoms with Crippen LogP contribution >= 0.6 is 0 Å². The second kappa shape index (κ2) is 10.3. The summed E-state index contributed by atoms with van der Waals surface area (Å²) < 4.78 is 11.9. The average molecular weight is 349 g/mol. The van der Waals surface area contributed by atoms with E-state index in [9.17, 15) is 14.9 Å². The number of rotatable bonds is 7. The van der Waals surface area contributed by atoms with Gasteiger partial charge < -0.3 is 14.0 Å². The van der Waals surface area contributed by atoms with Crippen LogP contribution < -0.4 is 0 Å². The standard InChI is InChI=1S/C11H9N3O3.C6H14O2/c1-8-12-4-5-13(8)10-2-3-11(14(16)17)9(6-10)7-15;1-4-7-6(3)8-5-2/h2-7H,1H3;6H,4-5H2,1-3H3. The number of aromatic nitrogens is 2. The van der Waals surface area contributed by atoms with Crippen molar-refractivity contribution < 1.29 is 19.2 Å². The van der Waals surface area contributed by atoms with Gasteiger partial charge in [-0.1, -0.05) is 0 Å². The second-order valence-electron chi connectivity index (χ2n) is 4.94. The lowest BCUT2D eigenvalue weighted by Gasteiger charge is -2.09. The molecule has 0 amide bonds. The fraction of sp³-hybridized carbons (Fsp3) is 0.412. The van der Waals surface area contributed by atoms with E-state index in [1.807, 2.05) is 27.7 Å². The lowest BCUT2D eigenvalue weighted by molar-refractivity contribution is -0.385. The molecule has 1 aromatic carbocycles. The van der Waals surface area contributed by atoms with Gasteiger partial charge in [0.25, 0.3) is 5.69 Å². The minimum Gasteiger partial charge on any atom is -0.353 e. The number of aldehydes is 1. The van der Waals surface area contributed by atoms with Crippen LogP contribution in [-0.4, -0.2) is 40.3 Å². The summed E-state index contributed by atoms with van der Waals surface area (Å²) in [7, 11) is 0. The van der Waals surface area contributed by atoms with Gasteiger partial charge in [-0.2, -0.15) is 0 Å². The van der Waals surface area contributed by atoms with Crippen molar-refractivity contribution in [3.63, 3.8) is 0 Å². The maximum Gasteiger partial charge on any atom is 0.280 e. The monoisotopic (exact) mass is 349 g/mol. The number of nitro groups is 1. The van der Waals surface area contributed by atoms with Crippen LogP contribution in [0.1, 0.15) is 37.0 Å². The molecule has 0 radical (unpaired) electrons. The fourth-order valence-electron chi connectivity index (χ4n) is 2.12. The number of aryl methyl sites for hydroxylation is 1. The number of carbonyl (C=O) groups is 1. The molecule has 25 heavy (non-hydrogen) atoms. The van der Waals surface area contributed by atoms with E-state index < -0.39 is 4.92 Å². The molecule has 0 aliphatic rings. The Balaban J connectivity index is 0.000000333. The van der Waals surface area contributed by atoms with E-state index in [4.69, 9.17) is 9.47 Å². The zero-order chi connectivity index (χ0) is 18.8. The van der Waals surface area contributed by atoms with Crippen molar-refractivity contribution >= 4 is 12.0 Å². The van der Waals surface area contributed by atoms with E-state index in [1.54, 1.807) is 23.0 Å². The van der Waals surface area contributed by atoms with Crippen molar-refractivity contribution in [2.24, 2.45) is 0 Å². The third-order valence-electron chi connectivity index (χ3n) is 3.24. The Kier molecular flexibility index (Phi) is 8.45. The molecule has 8 heteroatoms. The Labute approximate surface area is 146 Å².